The average Bonchev–Trinajstić information content (AvgIpc) is 2.51. The highest BCUT2D eigenvalue weighted by Crippen LogP contribution is 2.12. The maximum atomic E-state index is 11.4. The van der Waals surface area contributed by atoms with Crippen molar-refractivity contribution in [3.05, 3.63) is 12.3 Å². The molecule has 0 radical (unpaired) electrons. The van der Waals surface area contributed by atoms with Gasteiger partial charge in [0, 0.05) is 0 Å². The molecular weight excluding hydrogens is 276 g/mol. The molecule has 0 rings (SSSR count). The maximum Gasteiger partial charge on any atom is 0.372 e. The van der Waals surface area contributed by atoms with Gasteiger partial charge in [-0.1, -0.05) is 77.6 Å². The van der Waals surface area contributed by atoms with Crippen molar-refractivity contribution < 1.29 is 14.3 Å². The van der Waals surface area contributed by atoms with Crippen LogP contribution >= 0.6 is 0 Å². The molecule has 0 fully saturated rings. The Kier molecular flexibility index (Phi) is 15.6. The molecule has 0 unspecified atom stereocenters. The number of unbranched alkanes of at least 4 members (excludes halogenated alkanes) is 11. The summed E-state index contributed by atoms with van der Waals surface area (Å²) in [5.41, 5.74) is 0. The van der Waals surface area contributed by atoms with Gasteiger partial charge in [-0.3, -0.25) is 0 Å². The first-order valence-electron chi connectivity index (χ1n) is 9.21. The quantitative estimate of drug-likeness (QED) is 0.157. The third kappa shape index (κ3) is 14.0. The van der Waals surface area contributed by atoms with Crippen molar-refractivity contribution in [3.63, 3.8) is 0 Å². The van der Waals surface area contributed by atoms with Gasteiger partial charge in [0.25, 0.3) is 0 Å². The summed E-state index contributed by atoms with van der Waals surface area (Å²) in [6.07, 6.45) is 15.6. The van der Waals surface area contributed by atoms with Crippen molar-refractivity contribution >= 4 is 5.97 Å². The summed E-state index contributed by atoms with van der Waals surface area (Å²) in [5.74, 6) is -0.314. The molecule has 130 valence electrons. The maximum absolute atomic E-state index is 11.4. The highest BCUT2D eigenvalue weighted by molar-refractivity contribution is 5.85. The molecule has 0 aliphatic heterocycles. The third-order valence-electron chi connectivity index (χ3n) is 3.78. The van der Waals surface area contributed by atoms with Crippen molar-refractivity contribution in [2.24, 2.45) is 0 Å². The Bertz CT molecular complexity index is 274. The molecule has 0 spiro atoms. The van der Waals surface area contributed by atoms with Gasteiger partial charge in [-0.25, -0.2) is 4.79 Å². The molecule has 0 aromatic heterocycles. The van der Waals surface area contributed by atoms with E-state index in [1.165, 1.54) is 64.2 Å². The largest absolute Gasteiger partial charge is 0.487 e. The van der Waals surface area contributed by atoms with E-state index in [0.717, 1.165) is 12.8 Å². The van der Waals surface area contributed by atoms with E-state index in [1.807, 2.05) is 6.92 Å². The lowest BCUT2D eigenvalue weighted by Crippen LogP contribution is -2.10. The number of rotatable bonds is 16. The van der Waals surface area contributed by atoms with E-state index in [2.05, 4.69) is 13.5 Å². The van der Waals surface area contributed by atoms with E-state index in [1.54, 1.807) is 0 Å². The van der Waals surface area contributed by atoms with Crippen LogP contribution in [0.4, 0.5) is 0 Å². The van der Waals surface area contributed by atoms with Crippen LogP contribution in [0.2, 0.25) is 0 Å². The van der Waals surface area contributed by atoms with Crippen LogP contribution < -0.4 is 0 Å². The molecule has 0 bridgehead atoms. The molecule has 0 heterocycles. The Morgan fingerprint density at radius 3 is 1.64 bits per heavy atom. The van der Waals surface area contributed by atoms with Gasteiger partial charge in [0.1, 0.15) is 0 Å². The second-order valence-corrected chi connectivity index (χ2v) is 5.88. The molecule has 0 aromatic rings. The third-order valence-corrected chi connectivity index (χ3v) is 3.78. The number of ether oxygens (including phenoxy) is 2. The van der Waals surface area contributed by atoms with Gasteiger partial charge < -0.3 is 9.47 Å². The Morgan fingerprint density at radius 2 is 1.18 bits per heavy atom. The smallest absolute Gasteiger partial charge is 0.372 e. The van der Waals surface area contributed by atoms with Crippen LogP contribution in [0, 0.1) is 0 Å². The lowest BCUT2D eigenvalue weighted by Gasteiger charge is -2.07. The fourth-order valence-corrected chi connectivity index (χ4v) is 2.42. The zero-order valence-electron chi connectivity index (χ0n) is 14.8. The van der Waals surface area contributed by atoms with Gasteiger partial charge >= 0.3 is 5.97 Å². The number of hydrogen-bond donors (Lipinski definition) is 0. The fraction of sp³-hybridized carbons (Fsp3) is 0.842. The van der Waals surface area contributed by atoms with E-state index < -0.39 is 5.97 Å². The standard InChI is InChI=1S/C19H36O3/c1-4-6-7-8-9-10-11-12-13-14-15-16-17-22-19(20)18(3)21-5-2/h3-17H2,1-2H3. The van der Waals surface area contributed by atoms with Crippen molar-refractivity contribution in [2.45, 2.75) is 90.9 Å². The molecule has 0 atom stereocenters. The number of hydrogen-bond acceptors (Lipinski definition) is 3. The first-order chi connectivity index (χ1) is 10.7. The monoisotopic (exact) mass is 312 g/mol. The zero-order chi connectivity index (χ0) is 16.5. The average molecular weight is 312 g/mol. The SMILES string of the molecule is C=C(OCC)C(=O)OCCCCCCCCCCCCCC. The van der Waals surface area contributed by atoms with Gasteiger partial charge in [-0.15, -0.1) is 0 Å². The molecule has 22 heavy (non-hydrogen) atoms. The predicted octanol–water partition coefficient (Wildman–Crippen LogP) is 5.78. The van der Waals surface area contributed by atoms with E-state index in [9.17, 15) is 4.79 Å². The predicted molar refractivity (Wildman–Crippen MR) is 92.8 cm³/mol. The van der Waals surface area contributed by atoms with Crippen molar-refractivity contribution in [3.8, 4) is 0 Å². The van der Waals surface area contributed by atoms with E-state index in [4.69, 9.17) is 9.47 Å². The summed E-state index contributed by atoms with van der Waals surface area (Å²) < 4.78 is 10.1. The van der Waals surface area contributed by atoms with Crippen molar-refractivity contribution in [2.75, 3.05) is 13.2 Å². The van der Waals surface area contributed by atoms with E-state index in [0.29, 0.717) is 13.2 Å². The minimum atomic E-state index is -0.426. The molecule has 0 saturated heterocycles. The van der Waals surface area contributed by atoms with Gasteiger partial charge in [0.2, 0.25) is 0 Å². The van der Waals surface area contributed by atoms with Gasteiger partial charge in [-0.2, -0.15) is 0 Å². The lowest BCUT2D eigenvalue weighted by atomic mass is 10.1. The van der Waals surface area contributed by atoms with Crippen molar-refractivity contribution in [1.82, 2.24) is 0 Å². The Balaban J connectivity index is 3.17. The first kappa shape index (κ1) is 21.0. The van der Waals surface area contributed by atoms with E-state index in [-0.39, 0.29) is 5.76 Å². The Morgan fingerprint density at radius 1 is 0.727 bits per heavy atom. The van der Waals surface area contributed by atoms with Crippen LogP contribution in [0.1, 0.15) is 90.9 Å². The molecule has 0 saturated carbocycles. The summed E-state index contributed by atoms with van der Waals surface area (Å²) in [7, 11) is 0. The summed E-state index contributed by atoms with van der Waals surface area (Å²) in [4.78, 5) is 11.4. The normalized spacial score (nSPS) is 10.5. The molecule has 3 heteroatoms. The first-order valence-corrected chi connectivity index (χ1v) is 9.21. The van der Waals surface area contributed by atoms with E-state index >= 15 is 0 Å². The summed E-state index contributed by atoms with van der Waals surface area (Å²) in [6.45, 7) is 8.54. The molecule has 0 aromatic carbocycles. The summed E-state index contributed by atoms with van der Waals surface area (Å²) in [5, 5.41) is 0. The summed E-state index contributed by atoms with van der Waals surface area (Å²) in [6, 6.07) is 0. The van der Waals surface area contributed by atoms with Crippen LogP contribution in [0.25, 0.3) is 0 Å². The second kappa shape index (κ2) is 16.4. The molecular formula is C19H36O3. The highest BCUT2D eigenvalue weighted by atomic mass is 16.6. The van der Waals surface area contributed by atoms with Gasteiger partial charge in [-0.05, 0) is 19.9 Å². The fourth-order valence-electron chi connectivity index (χ4n) is 2.42. The number of carbonyl (C=O) groups is 1. The van der Waals surface area contributed by atoms with Crippen LogP contribution in [0.3, 0.4) is 0 Å². The molecule has 3 nitrogen and oxygen atoms in total. The molecule has 0 aliphatic rings. The number of carbonyl (C=O) groups excluding carboxylic acids is 1. The molecule has 0 aliphatic carbocycles. The Labute approximate surface area is 137 Å². The van der Waals surface area contributed by atoms with Crippen LogP contribution in [-0.4, -0.2) is 19.2 Å². The highest BCUT2D eigenvalue weighted by Gasteiger charge is 2.08. The molecule has 0 amide bonds. The Hall–Kier alpha value is -0.990. The van der Waals surface area contributed by atoms with Gasteiger partial charge in [0.15, 0.2) is 5.76 Å². The van der Waals surface area contributed by atoms with Gasteiger partial charge in [0.05, 0.1) is 13.2 Å². The van der Waals surface area contributed by atoms with Crippen LogP contribution in [-0.2, 0) is 14.3 Å². The zero-order valence-corrected chi connectivity index (χ0v) is 14.8. The molecule has 0 N–H and O–H groups in total. The summed E-state index contributed by atoms with van der Waals surface area (Å²) >= 11 is 0. The minimum Gasteiger partial charge on any atom is -0.487 e. The second-order valence-electron chi connectivity index (χ2n) is 5.88. The topological polar surface area (TPSA) is 35.5 Å². The van der Waals surface area contributed by atoms with Crippen LogP contribution in [0.5, 0.6) is 0 Å². The number of esters is 1. The van der Waals surface area contributed by atoms with Crippen LogP contribution in [0.15, 0.2) is 12.3 Å². The van der Waals surface area contributed by atoms with Crippen molar-refractivity contribution in [1.29, 1.82) is 0 Å². The lowest BCUT2D eigenvalue weighted by molar-refractivity contribution is -0.143. The minimum absolute atomic E-state index is 0.112.